The lowest BCUT2D eigenvalue weighted by atomic mass is 10.1. The van der Waals surface area contributed by atoms with E-state index in [-0.39, 0.29) is 18.3 Å². The van der Waals surface area contributed by atoms with Crippen LogP contribution in [0.1, 0.15) is 16.1 Å². The molecule has 32 heavy (non-hydrogen) atoms. The van der Waals surface area contributed by atoms with E-state index in [2.05, 4.69) is 20.4 Å². The number of carbonyl (C=O) groups excluding carboxylic acids is 1. The molecular formula is C25H17FN4O2. The number of aromatic nitrogens is 3. The highest BCUT2D eigenvalue weighted by atomic mass is 19.1. The number of halogens is 1. The van der Waals surface area contributed by atoms with E-state index < -0.39 is 0 Å². The number of carbonyl (C=O) groups is 1. The zero-order valence-corrected chi connectivity index (χ0v) is 16.8. The van der Waals surface area contributed by atoms with Gasteiger partial charge in [0.25, 0.3) is 5.91 Å². The van der Waals surface area contributed by atoms with E-state index in [0.717, 1.165) is 16.5 Å². The van der Waals surface area contributed by atoms with Crippen LogP contribution in [0.4, 0.5) is 4.39 Å². The SMILES string of the molecule is O=C(NCc1cc(-c2ccc(F)cc2)ncn1)c1ccc2noc(-c3ccccc3)c2c1. The quantitative estimate of drug-likeness (QED) is 0.428. The molecule has 0 saturated heterocycles. The smallest absolute Gasteiger partial charge is 0.251 e. The van der Waals surface area contributed by atoms with E-state index in [1.165, 1.54) is 18.5 Å². The van der Waals surface area contributed by atoms with Crippen molar-refractivity contribution in [1.29, 1.82) is 0 Å². The van der Waals surface area contributed by atoms with Gasteiger partial charge in [-0.3, -0.25) is 4.79 Å². The Bertz CT molecular complexity index is 1400. The molecule has 5 aromatic rings. The number of amides is 1. The predicted octanol–water partition coefficient (Wildman–Crippen LogP) is 5.02. The summed E-state index contributed by atoms with van der Waals surface area (Å²) in [5.74, 6) is 0.0690. The average Bonchev–Trinajstić information content (AvgIpc) is 3.27. The third kappa shape index (κ3) is 3.96. The van der Waals surface area contributed by atoms with Crippen molar-refractivity contribution in [3.63, 3.8) is 0 Å². The molecule has 2 heterocycles. The summed E-state index contributed by atoms with van der Waals surface area (Å²) in [6.07, 6.45) is 1.43. The monoisotopic (exact) mass is 424 g/mol. The van der Waals surface area contributed by atoms with Crippen molar-refractivity contribution in [2.24, 2.45) is 0 Å². The summed E-state index contributed by atoms with van der Waals surface area (Å²) in [5.41, 5.74) is 4.13. The summed E-state index contributed by atoms with van der Waals surface area (Å²) >= 11 is 0. The summed E-state index contributed by atoms with van der Waals surface area (Å²) in [4.78, 5) is 21.2. The van der Waals surface area contributed by atoms with Crippen molar-refractivity contribution < 1.29 is 13.7 Å². The van der Waals surface area contributed by atoms with Crippen molar-refractivity contribution in [2.45, 2.75) is 6.54 Å². The number of benzene rings is 3. The molecule has 156 valence electrons. The molecular weight excluding hydrogens is 407 g/mol. The number of rotatable bonds is 5. The van der Waals surface area contributed by atoms with E-state index in [9.17, 15) is 9.18 Å². The minimum absolute atomic E-state index is 0.225. The van der Waals surface area contributed by atoms with E-state index in [1.807, 2.05) is 30.3 Å². The van der Waals surface area contributed by atoms with Gasteiger partial charge in [-0.05, 0) is 48.5 Å². The second-order valence-electron chi connectivity index (χ2n) is 7.19. The molecule has 6 nitrogen and oxygen atoms in total. The van der Waals surface area contributed by atoms with Gasteiger partial charge in [-0.2, -0.15) is 0 Å². The number of nitrogens with one attached hydrogen (secondary N) is 1. The van der Waals surface area contributed by atoms with E-state index in [1.54, 1.807) is 36.4 Å². The molecule has 0 fully saturated rings. The fraction of sp³-hybridized carbons (Fsp3) is 0.0400. The Kier molecular flexibility index (Phi) is 5.13. The first-order valence-electron chi connectivity index (χ1n) is 9.97. The Morgan fingerprint density at radius 1 is 0.906 bits per heavy atom. The summed E-state index contributed by atoms with van der Waals surface area (Å²) in [6.45, 7) is 0.225. The molecule has 7 heteroatoms. The highest BCUT2D eigenvalue weighted by molar-refractivity contribution is 6.00. The van der Waals surface area contributed by atoms with E-state index in [0.29, 0.717) is 28.2 Å². The lowest BCUT2D eigenvalue weighted by Crippen LogP contribution is -2.23. The predicted molar refractivity (Wildman–Crippen MR) is 118 cm³/mol. The molecule has 1 amide bonds. The van der Waals surface area contributed by atoms with Gasteiger partial charge < -0.3 is 9.84 Å². The van der Waals surface area contributed by atoms with Crippen LogP contribution in [0, 0.1) is 5.82 Å². The number of fused-ring (bicyclic) bond motifs is 1. The molecule has 0 spiro atoms. The first-order valence-corrected chi connectivity index (χ1v) is 9.97. The molecule has 0 atom stereocenters. The zero-order valence-electron chi connectivity index (χ0n) is 16.8. The summed E-state index contributed by atoms with van der Waals surface area (Å²) < 4.78 is 18.7. The van der Waals surface area contributed by atoms with Gasteiger partial charge in [0.05, 0.1) is 23.3 Å². The standard InChI is InChI=1S/C25H17FN4O2/c26-19-9-6-16(7-10-19)23-13-20(28-15-29-23)14-27-25(31)18-8-11-22-21(12-18)24(32-30-22)17-4-2-1-3-5-17/h1-13,15H,14H2,(H,27,31). The van der Waals surface area contributed by atoms with Gasteiger partial charge in [0.2, 0.25) is 0 Å². The Hall–Kier alpha value is -4.39. The number of hydrogen-bond donors (Lipinski definition) is 1. The van der Waals surface area contributed by atoms with Crippen molar-refractivity contribution in [3.05, 3.63) is 102 Å². The first-order chi connectivity index (χ1) is 15.7. The molecule has 5 rings (SSSR count). The lowest BCUT2D eigenvalue weighted by Gasteiger charge is -2.07. The Labute approximate surface area is 182 Å². The maximum absolute atomic E-state index is 13.2. The van der Waals surface area contributed by atoms with Crippen molar-refractivity contribution >= 4 is 16.8 Å². The minimum atomic E-state index is -0.310. The molecule has 3 aromatic carbocycles. The number of hydrogen-bond acceptors (Lipinski definition) is 5. The topological polar surface area (TPSA) is 80.9 Å². The van der Waals surface area contributed by atoms with Gasteiger partial charge in [0, 0.05) is 16.7 Å². The maximum atomic E-state index is 13.2. The van der Waals surface area contributed by atoms with Gasteiger partial charge in [-0.1, -0.05) is 35.5 Å². The average molecular weight is 424 g/mol. The highest BCUT2D eigenvalue weighted by Crippen LogP contribution is 2.29. The molecule has 0 aliphatic carbocycles. The first kappa shape index (κ1) is 19.6. The molecule has 0 aliphatic rings. The van der Waals surface area contributed by atoms with E-state index in [4.69, 9.17) is 4.52 Å². The van der Waals surface area contributed by atoms with Crippen LogP contribution in [0.15, 0.2) is 89.7 Å². The summed E-state index contributed by atoms with van der Waals surface area (Å²) in [7, 11) is 0. The van der Waals surface area contributed by atoms with Gasteiger partial charge in [-0.15, -0.1) is 0 Å². The van der Waals surface area contributed by atoms with Crippen molar-refractivity contribution in [1.82, 2.24) is 20.4 Å². The second kappa shape index (κ2) is 8.39. The van der Waals surface area contributed by atoms with Crippen LogP contribution < -0.4 is 5.32 Å². The van der Waals surface area contributed by atoms with Gasteiger partial charge in [0.1, 0.15) is 17.7 Å². The summed E-state index contributed by atoms with van der Waals surface area (Å²) in [5, 5.41) is 7.73. The molecule has 0 saturated carbocycles. The van der Waals surface area contributed by atoms with Crippen LogP contribution in [0.2, 0.25) is 0 Å². The fourth-order valence-electron chi connectivity index (χ4n) is 3.43. The van der Waals surface area contributed by atoms with Gasteiger partial charge >= 0.3 is 0 Å². The molecule has 0 unspecified atom stereocenters. The van der Waals surface area contributed by atoms with Gasteiger partial charge in [-0.25, -0.2) is 14.4 Å². The van der Waals surface area contributed by atoms with Crippen LogP contribution in [0.3, 0.4) is 0 Å². The van der Waals surface area contributed by atoms with Crippen LogP contribution >= 0.6 is 0 Å². The Morgan fingerprint density at radius 2 is 1.72 bits per heavy atom. The third-order valence-electron chi connectivity index (χ3n) is 5.07. The zero-order chi connectivity index (χ0) is 21.9. The highest BCUT2D eigenvalue weighted by Gasteiger charge is 2.14. The Morgan fingerprint density at radius 3 is 2.53 bits per heavy atom. The molecule has 1 N–H and O–H groups in total. The fourth-order valence-corrected chi connectivity index (χ4v) is 3.43. The van der Waals surface area contributed by atoms with Crippen LogP contribution in [0.25, 0.3) is 33.5 Å². The van der Waals surface area contributed by atoms with Crippen molar-refractivity contribution in [2.75, 3.05) is 0 Å². The molecule has 0 radical (unpaired) electrons. The van der Waals surface area contributed by atoms with Crippen LogP contribution in [-0.2, 0) is 6.54 Å². The van der Waals surface area contributed by atoms with Crippen molar-refractivity contribution in [3.8, 4) is 22.6 Å². The van der Waals surface area contributed by atoms with Crippen LogP contribution in [0.5, 0.6) is 0 Å². The van der Waals surface area contributed by atoms with E-state index >= 15 is 0 Å². The number of nitrogens with zero attached hydrogens (tertiary/aromatic N) is 3. The summed E-state index contributed by atoms with van der Waals surface area (Å²) in [6, 6.07) is 22.7. The normalized spacial score (nSPS) is 10.9. The molecule has 0 bridgehead atoms. The molecule has 0 aliphatic heterocycles. The lowest BCUT2D eigenvalue weighted by molar-refractivity contribution is 0.0950. The third-order valence-corrected chi connectivity index (χ3v) is 5.07. The second-order valence-corrected chi connectivity index (χ2v) is 7.19. The van der Waals surface area contributed by atoms with Crippen LogP contribution in [-0.4, -0.2) is 21.0 Å². The molecule has 2 aromatic heterocycles. The van der Waals surface area contributed by atoms with Gasteiger partial charge in [0.15, 0.2) is 5.76 Å². The largest absolute Gasteiger partial charge is 0.355 e. The Balaban J connectivity index is 1.34. The minimum Gasteiger partial charge on any atom is -0.355 e. The maximum Gasteiger partial charge on any atom is 0.251 e.